The van der Waals surface area contributed by atoms with Gasteiger partial charge in [-0.1, -0.05) is 92.6 Å². The first-order valence-corrected chi connectivity index (χ1v) is 16.4. The maximum Gasteiger partial charge on any atom is 0.380 e. The van der Waals surface area contributed by atoms with Gasteiger partial charge in [0.25, 0.3) is 0 Å². The van der Waals surface area contributed by atoms with Crippen LogP contribution >= 0.6 is 11.8 Å². The zero-order valence-corrected chi connectivity index (χ0v) is 27.5. The summed E-state index contributed by atoms with van der Waals surface area (Å²) in [6, 6.07) is 18.6. The first kappa shape index (κ1) is 35.5. The van der Waals surface area contributed by atoms with Gasteiger partial charge in [-0.25, -0.2) is 0 Å². The largest absolute Gasteiger partial charge is 0.380 e. The Morgan fingerprint density at radius 3 is 2.17 bits per heavy atom. The quantitative estimate of drug-likeness (QED) is 0.127. The summed E-state index contributed by atoms with van der Waals surface area (Å²) in [5.74, 6) is -17.2. The van der Waals surface area contributed by atoms with Crippen LogP contribution in [0.5, 0.6) is 0 Å². The fourth-order valence-corrected chi connectivity index (χ4v) is 6.78. The smallest absolute Gasteiger partial charge is 0.287 e. The summed E-state index contributed by atoms with van der Waals surface area (Å²) in [7, 11) is 0. The Kier molecular flexibility index (Phi) is 11.3. The summed E-state index contributed by atoms with van der Waals surface area (Å²) in [5, 5.41) is -0.700. The van der Waals surface area contributed by atoms with Gasteiger partial charge in [0, 0.05) is 39.6 Å². The zero-order valence-electron chi connectivity index (χ0n) is 26.7. The molecule has 3 unspecified atom stereocenters. The van der Waals surface area contributed by atoms with Crippen LogP contribution in [0.25, 0.3) is 0 Å². The van der Waals surface area contributed by atoms with Crippen LogP contribution in [0.15, 0.2) is 116 Å². The van der Waals surface area contributed by atoms with E-state index in [2.05, 4.69) is 9.98 Å². The molecule has 1 aliphatic heterocycles. The minimum absolute atomic E-state index is 0.228. The van der Waals surface area contributed by atoms with E-state index >= 15 is 26.3 Å². The van der Waals surface area contributed by atoms with Crippen molar-refractivity contribution in [2.75, 3.05) is 0 Å². The number of alkyl halides is 6. The van der Waals surface area contributed by atoms with Crippen molar-refractivity contribution >= 4 is 24.2 Å². The van der Waals surface area contributed by atoms with Crippen molar-refractivity contribution in [2.45, 2.75) is 89.5 Å². The van der Waals surface area contributed by atoms with Gasteiger partial charge in [0.1, 0.15) is 0 Å². The molecule has 0 spiro atoms. The Labute approximate surface area is 272 Å². The van der Waals surface area contributed by atoms with Crippen molar-refractivity contribution in [3.05, 3.63) is 117 Å². The van der Waals surface area contributed by atoms with Gasteiger partial charge in [0.2, 0.25) is 0 Å². The van der Waals surface area contributed by atoms with E-state index in [0.29, 0.717) is 29.9 Å². The summed E-state index contributed by atoms with van der Waals surface area (Å²) < 4.78 is 93.5. The maximum atomic E-state index is 15.8. The van der Waals surface area contributed by atoms with Crippen LogP contribution in [0.4, 0.5) is 26.3 Å². The number of hydrogen-bond donors (Lipinski definition) is 0. The van der Waals surface area contributed by atoms with Gasteiger partial charge in [-0.15, -0.1) is 11.8 Å². The van der Waals surface area contributed by atoms with E-state index < -0.39 is 40.1 Å². The second kappa shape index (κ2) is 14.6. The number of nitrogens with zero attached hydrogens (tertiary/aromatic N) is 2. The summed E-state index contributed by atoms with van der Waals surface area (Å²) in [6.45, 7) is 8.71. The number of rotatable bonds is 12. The normalized spacial score (nSPS) is 22.9. The lowest BCUT2D eigenvalue weighted by atomic mass is 9.86. The lowest BCUT2D eigenvalue weighted by Gasteiger charge is -2.27. The highest BCUT2D eigenvalue weighted by Crippen LogP contribution is 2.64. The molecule has 2 aromatic carbocycles. The Balaban J connectivity index is 1.81. The van der Waals surface area contributed by atoms with Gasteiger partial charge >= 0.3 is 17.8 Å². The predicted molar refractivity (Wildman–Crippen MR) is 178 cm³/mol. The van der Waals surface area contributed by atoms with Crippen molar-refractivity contribution < 1.29 is 26.3 Å². The molecule has 1 heterocycles. The maximum absolute atomic E-state index is 15.8. The van der Waals surface area contributed by atoms with E-state index in [4.69, 9.17) is 0 Å². The number of allylic oxidation sites excluding steroid dienone is 8. The minimum Gasteiger partial charge on any atom is -0.287 e. The van der Waals surface area contributed by atoms with Crippen molar-refractivity contribution in [3.63, 3.8) is 0 Å². The molecule has 0 saturated carbocycles. The highest BCUT2D eigenvalue weighted by atomic mass is 32.2. The van der Waals surface area contributed by atoms with Crippen LogP contribution in [0.1, 0.15) is 71.0 Å². The average molecular weight is 659 g/mol. The summed E-state index contributed by atoms with van der Waals surface area (Å²) in [6.07, 6.45) is 7.63. The van der Waals surface area contributed by atoms with E-state index in [0.717, 1.165) is 29.3 Å². The molecule has 0 fully saturated rings. The van der Waals surface area contributed by atoms with Crippen molar-refractivity contribution in [2.24, 2.45) is 15.9 Å². The van der Waals surface area contributed by atoms with E-state index in [1.54, 1.807) is 13.1 Å². The molecule has 3 atom stereocenters. The summed E-state index contributed by atoms with van der Waals surface area (Å²) >= 11 is 1.15. The van der Waals surface area contributed by atoms with Gasteiger partial charge < -0.3 is 0 Å². The molecule has 2 nitrogen and oxygen atoms in total. The third-order valence-electron chi connectivity index (χ3n) is 8.25. The number of thioether (sulfide) groups is 1. The highest BCUT2D eigenvalue weighted by Gasteiger charge is 2.81. The standard InChI is InChI=1S/C37H40F6N2S/c1-6-7-14-28(22-45-25(4)29-17-12-9-13-18-29)19-31(24(2)3)33-34(36(40,41)37(42,43)35(33,38)39)32-20-30(46-26(32)5)23-44-21-27-15-10-8-11-16-27/h8-13,15-20,22-23,25-26,32H,6-7,14,21H2,1-5H3/b28-19+,44-23?,45-22?. The lowest BCUT2D eigenvalue weighted by molar-refractivity contribution is -0.265. The third-order valence-corrected chi connectivity index (χ3v) is 9.43. The molecular weight excluding hydrogens is 618 g/mol. The number of aliphatic imine (C=N–C) groups is 2. The van der Waals surface area contributed by atoms with E-state index in [9.17, 15) is 0 Å². The van der Waals surface area contributed by atoms with Crippen LogP contribution in [0.2, 0.25) is 0 Å². The van der Waals surface area contributed by atoms with E-state index in [1.807, 2.05) is 74.5 Å². The van der Waals surface area contributed by atoms with Crippen molar-refractivity contribution in [3.8, 4) is 0 Å². The molecule has 0 bridgehead atoms. The monoisotopic (exact) mass is 658 g/mol. The van der Waals surface area contributed by atoms with Crippen LogP contribution in [0.3, 0.4) is 0 Å². The van der Waals surface area contributed by atoms with Gasteiger partial charge in [0.15, 0.2) is 0 Å². The molecule has 0 saturated heterocycles. The van der Waals surface area contributed by atoms with Crippen LogP contribution < -0.4 is 0 Å². The molecule has 46 heavy (non-hydrogen) atoms. The second-order valence-electron chi connectivity index (χ2n) is 12.0. The molecular formula is C37H40F6N2S. The number of unbranched alkanes of at least 4 members (excludes halogenated alkanes) is 1. The van der Waals surface area contributed by atoms with Crippen molar-refractivity contribution in [1.82, 2.24) is 0 Å². The van der Waals surface area contributed by atoms with Crippen LogP contribution in [0, 0.1) is 5.92 Å². The molecule has 0 radical (unpaired) electrons. The Bertz CT molecular complexity index is 1550. The Morgan fingerprint density at radius 1 is 0.935 bits per heavy atom. The molecule has 246 valence electrons. The molecule has 0 amide bonds. The molecule has 9 heteroatoms. The first-order chi connectivity index (χ1) is 21.7. The molecule has 1 aliphatic carbocycles. The van der Waals surface area contributed by atoms with E-state index in [1.165, 1.54) is 32.2 Å². The third kappa shape index (κ3) is 7.29. The Hall–Kier alpha value is -3.33. The number of hydrogen-bond acceptors (Lipinski definition) is 3. The molecule has 0 N–H and O–H groups in total. The highest BCUT2D eigenvalue weighted by molar-refractivity contribution is 8.04. The Morgan fingerprint density at radius 2 is 1.57 bits per heavy atom. The molecule has 0 aromatic heterocycles. The second-order valence-corrected chi connectivity index (χ2v) is 13.4. The van der Waals surface area contributed by atoms with Crippen LogP contribution in [-0.2, 0) is 6.54 Å². The number of benzene rings is 2. The SMILES string of the molecule is CCCC/C(C=NC(C)c1ccccc1)=C\C(=C(C)C)C1=C(C2C=C(C=NCc3ccccc3)SC2C)C(F)(F)C(F)(F)C1(F)F. The van der Waals surface area contributed by atoms with Crippen LogP contribution in [-0.4, -0.2) is 35.4 Å². The average Bonchev–Trinajstić information content (AvgIpc) is 3.43. The zero-order chi connectivity index (χ0) is 33.7. The van der Waals surface area contributed by atoms with Gasteiger partial charge in [-0.3, -0.25) is 9.98 Å². The van der Waals surface area contributed by atoms with Gasteiger partial charge in [-0.05, 0) is 62.0 Å². The van der Waals surface area contributed by atoms with Gasteiger partial charge in [-0.2, -0.15) is 26.3 Å². The van der Waals surface area contributed by atoms with E-state index in [-0.39, 0.29) is 17.2 Å². The van der Waals surface area contributed by atoms with Gasteiger partial charge in [0.05, 0.1) is 12.6 Å². The molecule has 2 aliphatic rings. The topological polar surface area (TPSA) is 24.7 Å². The fourth-order valence-electron chi connectivity index (χ4n) is 5.63. The molecule has 4 rings (SSSR count). The molecule has 2 aromatic rings. The first-order valence-electron chi connectivity index (χ1n) is 15.5. The fraction of sp³-hybridized carbons (Fsp3) is 0.405. The number of halogens is 6. The summed E-state index contributed by atoms with van der Waals surface area (Å²) in [4.78, 5) is 9.45. The lowest BCUT2D eigenvalue weighted by Crippen LogP contribution is -2.50. The van der Waals surface area contributed by atoms with Crippen molar-refractivity contribution in [1.29, 1.82) is 0 Å². The predicted octanol–water partition coefficient (Wildman–Crippen LogP) is 11.4. The summed E-state index contributed by atoms with van der Waals surface area (Å²) in [5.41, 5.74) is -0.239. The minimum atomic E-state index is -5.61.